The molecule has 0 aromatic carbocycles. The second-order valence-electron chi connectivity index (χ2n) is 3.18. The highest BCUT2D eigenvalue weighted by Crippen LogP contribution is 2.23. The number of rotatable bonds is 3. The molecule has 0 fully saturated rings. The van der Waals surface area contributed by atoms with Gasteiger partial charge in [0.05, 0.1) is 22.2 Å². The Morgan fingerprint density at radius 1 is 1.67 bits per heavy atom. The molecule has 0 spiro atoms. The van der Waals surface area contributed by atoms with Gasteiger partial charge in [-0.05, 0) is 35.8 Å². The number of aliphatic imine (C=N–C) groups is 1. The number of pyridine rings is 1. The maximum atomic E-state index is 13.0. The first-order valence-corrected chi connectivity index (χ1v) is 5.41. The van der Waals surface area contributed by atoms with Gasteiger partial charge in [0.25, 0.3) is 0 Å². The molecular weight excluding hydrogens is 261 g/mol. The SMILES string of the molecule is CCN(C)C=Nc1cc(Br)c(F)nc1C. The number of nitrogens with zero attached hydrogens (tertiary/aromatic N) is 3. The first kappa shape index (κ1) is 12.1. The zero-order valence-corrected chi connectivity index (χ0v) is 10.5. The average molecular weight is 274 g/mol. The highest BCUT2D eigenvalue weighted by atomic mass is 79.9. The van der Waals surface area contributed by atoms with Crippen LogP contribution in [-0.4, -0.2) is 29.8 Å². The van der Waals surface area contributed by atoms with Gasteiger partial charge < -0.3 is 4.90 Å². The molecule has 0 unspecified atom stereocenters. The molecule has 0 saturated heterocycles. The van der Waals surface area contributed by atoms with E-state index < -0.39 is 5.95 Å². The fraction of sp³-hybridized carbons (Fsp3) is 0.400. The minimum atomic E-state index is -0.504. The van der Waals surface area contributed by atoms with Gasteiger partial charge >= 0.3 is 0 Å². The van der Waals surface area contributed by atoms with Crippen LogP contribution < -0.4 is 0 Å². The summed E-state index contributed by atoms with van der Waals surface area (Å²) in [4.78, 5) is 9.88. The van der Waals surface area contributed by atoms with Gasteiger partial charge in [-0.25, -0.2) is 9.98 Å². The van der Waals surface area contributed by atoms with Crippen LogP contribution in [0.1, 0.15) is 12.6 Å². The lowest BCUT2D eigenvalue weighted by Crippen LogP contribution is -2.14. The van der Waals surface area contributed by atoms with E-state index >= 15 is 0 Å². The predicted molar refractivity (Wildman–Crippen MR) is 63.1 cm³/mol. The molecule has 15 heavy (non-hydrogen) atoms. The van der Waals surface area contributed by atoms with Crippen LogP contribution in [0.15, 0.2) is 15.5 Å². The molecular formula is C10H13BrFN3. The van der Waals surface area contributed by atoms with E-state index in [4.69, 9.17) is 0 Å². The number of hydrogen-bond acceptors (Lipinski definition) is 2. The Balaban J connectivity index is 2.95. The van der Waals surface area contributed by atoms with Crippen LogP contribution in [0.5, 0.6) is 0 Å². The molecule has 1 heterocycles. The average Bonchev–Trinajstić information content (AvgIpc) is 2.21. The van der Waals surface area contributed by atoms with E-state index in [-0.39, 0.29) is 0 Å². The number of aromatic nitrogens is 1. The summed E-state index contributed by atoms with van der Waals surface area (Å²) in [6.45, 7) is 4.63. The third-order valence-electron chi connectivity index (χ3n) is 1.99. The van der Waals surface area contributed by atoms with Gasteiger partial charge in [0.1, 0.15) is 0 Å². The van der Waals surface area contributed by atoms with Crippen molar-refractivity contribution < 1.29 is 4.39 Å². The summed E-state index contributed by atoms with van der Waals surface area (Å²) < 4.78 is 13.3. The van der Waals surface area contributed by atoms with Crippen molar-refractivity contribution in [3.05, 3.63) is 22.2 Å². The van der Waals surface area contributed by atoms with Crippen molar-refractivity contribution in [2.24, 2.45) is 4.99 Å². The zero-order valence-electron chi connectivity index (χ0n) is 8.96. The molecule has 82 valence electrons. The van der Waals surface area contributed by atoms with Crippen molar-refractivity contribution in [3.8, 4) is 0 Å². The Kier molecular flexibility index (Phi) is 4.20. The summed E-state index contributed by atoms with van der Waals surface area (Å²) in [5.74, 6) is -0.504. The molecule has 0 amide bonds. The first-order chi connectivity index (χ1) is 7.04. The maximum absolute atomic E-state index is 13.0. The highest BCUT2D eigenvalue weighted by molar-refractivity contribution is 9.10. The van der Waals surface area contributed by atoms with Crippen molar-refractivity contribution in [3.63, 3.8) is 0 Å². The molecule has 0 aliphatic carbocycles. The Hall–Kier alpha value is -0.970. The quantitative estimate of drug-likeness (QED) is 0.481. The lowest BCUT2D eigenvalue weighted by Gasteiger charge is -2.08. The number of halogens is 2. The standard InChI is InChI=1S/C10H13BrFN3/c1-4-15(3)6-13-9-5-8(11)10(12)14-7(9)2/h5-6H,4H2,1-3H3. The van der Waals surface area contributed by atoms with Crippen LogP contribution in [0, 0.1) is 12.9 Å². The fourth-order valence-corrected chi connectivity index (χ4v) is 1.22. The third-order valence-corrected chi connectivity index (χ3v) is 2.55. The Morgan fingerprint density at radius 2 is 2.33 bits per heavy atom. The Bertz CT molecular complexity index is 379. The molecule has 0 aliphatic heterocycles. The van der Waals surface area contributed by atoms with Crippen LogP contribution in [0.2, 0.25) is 0 Å². The lowest BCUT2D eigenvalue weighted by molar-refractivity contribution is 0.551. The summed E-state index contributed by atoms with van der Waals surface area (Å²) in [7, 11) is 1.92. The van der Waals surface area contributed by atoms with Crippen molar-refractivity contribution in [2.75, 3.05) is 13.6 Å². The van der Waals surface area contributed by atoms with Crippen molar-refractivity contribution in [1.29, 1.82) is 0 Å². The van der Waals surface area contributed by atoms with E-state index in [9.17, 15) is 4.39 Å². The molecule has 0 bridgehead atoms. The smallest absolute Gasteiger partial charge is 0.227 e. The molecule has 5 heteroatoms. The summed E-state index contributed by atoms with van der Waals surface area (Å²) in [6.07, 6.45) is 1.70. The van der Waals surface area contributed by atoms with Crippen molar-refractivity contribution >= 4 is 28.0 Å². The summed E-state index contributed by atoms with van der Waals surface area (Å²) in [6, 6.07) is 1.62. The first-order valence-electron chi connectivity index (χ1n) is 4.61. The van der Waals surface area contributed by atoms with Gasteiger partial charge in [-0.2, -0.15) is 4.39 Å². The summed E-state index contributed by atoms with van der Waals surface area (Å²) in [5.41, 5.74) is 1.25. The largest absolute Gasteiger partial charge is 0.366 e. The molecule has 1 rings (SSSR count). The molecule has 3 nitrogen and oxygen atoms in total. The lowest BCUT2D eigenvalue weighted by atomic mass is 10.3. The third kappa shape index (κ3) is 3.27. The molecule has 1 aromatic heterocycles. The second-order valence-corrected chi connectivity index (χ2v) is 4.04. The van der Waals surface area contributed by atoms with E-state index in [1.165, 1.54) is 0 Å². The van der Waals surface area contributed by atoms with Crippen molar-refractivity contribution in [2.45, 2.75) is 13.8 Å². The molecule has 0 aliphatic rings. The van der Waals surface area contributed by atoms with Gasteiger partial charge in [0, 0.05) is 13.6 Å². The van der Waals surface area contributed by atoms with Gasteiger partial charge in [-0.3, -0.25) is 0 Å². The van der Waals surface area contributed by atoms with E-state index in [1.807, 2.05) is 18.9 Å². The van der Waals surface area contributed by atoms with Crippen LogP contribution in [-0.2, 0) is 0 Å². The zero-order chi connectivity index (χ0) is 11.4. The highest BCUT2D eigenvalue weighted by Gasteiger charge is 2.05. The van der Waals surface area contributed by atoms with Gasteiger partial charge in [-0.1, -0.05) is 0 Å². The number of aryl methyl sites for hydroxylation is 1. The van der Waals surface area contributed by atoms with Crippen LogP contribution in [0.3, 0.4) is 0 Å². The Morgan fingerprint density at radius 3 is 2.93 bits per heavy atom. The molecule has 1 aromatic rings. The van der Waals surface area contributed by atoms with Gasteiger partial charge in [0.15, 0.2) is 0 Å². The topological polar surface area (TPSA) is 28.5 Å². The molecule has 0 atom stereocenters. The summed E-state index contributed by atoms with van der Waals surface area (Å²) >= 11 is 3.08. The molecule has 0 radical (unpaired) electrons. The fourth-order valence-electron chi connectivity index (χ4n) is 0.915. The molecule has 0 N–H and O–H groups in total. The van der Waals surface area contributed by atoms with E-state index in [0.717, 1.165) is 6.54 Å². The van der Waals surface area contributed by atoms with Crippen LogP contribution >= 0.6 is 15.9 Å². The minimum Gasteiger partial charge on any atom is -0.366 e. The minimum absolute atomic E-state index is 0.333. The van der Waals surface area contributed by atoms with Crippen LogP contribution in [0.4, 0.5) is 10.1 Å². The van der Waals surface area contributed by atoms with Gasteiger partial charge in [-0.15, -0.1) is 0 Å². The molecule has 0 saturated carbocycles. The maximum Gasteiger partial charge on any atom is 0.227 e. The Labute approximate surface area is 97.2 Å². The van der Waals surface area contributed by atoms with E-state index in [1.54, 1.807) is 19.3 Å². The summed E-state index contributed by atoms with van der Waals surface area (Å²) in [5, 5.41) is 0. The van der Waals surface area contributed by atoms with E-state index in [2.05, 4.69) is 25.9 Å². The number of hydrogen-bond donors (Lipinski definition) is 0. The second kappa shape index (κ2) is 5.21. The van der Waals surface area contributed by atoms with E-state index in [0.29, 0.717) is 15.9 Å². The van der Waals surface area contributed by atoms with Crippen molar-refractivity contribution in [1.82, 2.24) is 9.88 Å². The monoisotopic (exact) mass is 273 g/mol. The van der Waals surface area contributed by atoms with Crippen LogP contribution in [0.25, 0.3) is 0 Å². The van der Waals surface area contributed by atoms with Gasteiger partial charge in [0.2, 0.25) is 5.95 Å². The predicted octanol–water partition coefficient (Wildman–Crippen LogP) is 2.90. The normalized spacial score (nSPS) is 11.0.